The summed E-state index contributed by atoms with van der Waals surface area (Å²) in [7, 11) is 0. The number of amides is 2. The molecule has 0 aliphatic carbocycles. The lowest BCUT2D eigenvalue weighted by molar-refractivity contribution is 0.107. The number of alkyl halides is 2. The molecule has 12 nitrogen and oxygen atoms in total. The van der Waals surface area contributed by atoms with E-state index < -0.39 is 41.4 Å². The number of aryl methyl sites for hydroxylation is 1. The third-order valence-corrected chi connectivity index (χ3v) is 12.4. The number of piperidine rings is 1. The minimum Gasteiger partial charge on any atom is -0.461 e. The SMILES string of the molecule is C[C@@H]1C[C@@H](F)CN1C(=O)Oc1cc2c3c(cccc3c1)CCCOC(=O)N[C@]1(C)CCCN(C1)c1nc(OC[C@@]34CCCN3C[C@H](F)C4)nc3c(F)c-2ncc13. The molecule has 56 heavy (non-hydrogen) atoms. The molecule has 296 valence electrons. The topological polar surface area (TPSA) is 122 Å². The highest BCUT2D eigenvalue weighted by Crippen LogP contribution is 2.42. The van der Waals surface area contributed by atoms with Gasteiger partial charge in [0.25, 0.3) is 0 Å². The van der Waals surface area contributed by atoms with Gasteiger partial charge in [0.05, 0.1) is 29.6 Å². The van der Waals surface area contributed by atoms with Crippen LogP contribution in [-0.4, -0.2) is 112 Å². The Morgan fingerprint density at radius 1 is 1.09 bits per heavy atom. The van der Waals surface area contributed by atoms with E-state index in [0.717, 1.165) is 24.9 Å². The molecule has 0 radical (unpaired) electrons. The lowest BCUT2D eigenvalue weighted by atomic mass is 9.91. The minimum atomic E-state index is -1.14. The van der Waals surface area contributed by atoms with Crippen molar-refractivity contribution in [1.29, 1.82) is 0 Å². The predicted molar refractivity (Wildman–Crippen MR) is 203 cm³/mol. The molecule has 4 saturated heterocycles. The molecule has 6 bridgehead atoms. The highest BCUT2D eigenvalue weighted by atomic mass is 19.1. The third-order valence-electron chi connectivity index (χ3n) is 12.4. The second-order valence-electron chi connectivity index (χ2n) is 16.5. The summed E-state index contributed by atoms with van der Waals surface area (Å²) < 4.78 is 64.3. The predicted octanol–water partition coefficient (Wildman–Crippen LogP) is 6.90. The Labute approximate surface area is 322 Å². The van der Waals surface area contributed by atoms with E-state index in [1.807, 2.05) is 30.0 Å². The summed E-state index contributed by atoms with van der Waals surface area (Å²) in [6.45, 7) is 6.05. The van der Waals surface area contributed by atoms with Gasteiger partial charge in [-0.2, -0.15) is 9.97 Å². The van der Waals surface area contributed by atoms with Crippen LogP contribution in [0.1, 0.15) is 64.4 Å². The molecule has 0 unspecified atom stereocenters. The number of pyridine rings is 1. The first kappa shape index (κ1) is 36.7. The number of carbonyl (C=O) groups excluding carboxylic acids is 2. The quantitative estimate of drug-likeness (QED) is 0.235. The van der Waals surface area contributed by atoms with E-state index in [1.54, 1.807) is 25.3 Å². The number of anilines is 1. The lowest BCUT2D eigenvalue weighted by Gasteiger charge is -2.41. The van der Waals surface area contributed by atoms with Crippen LogP contribution in [-0.2, 0) is 11.2 Å². The fraction of sp³-hybridized carbons (Fsp3) is 0.537. The minimum absolute atomic E-state index is 0.0116. The van der Waals surface area contributed by atoms with Gasteiger partial charge in [0.1, 0.15) is 41.7 Å². The first-order valence-electron chi connectivity index (χ1n) is 19.7. The molecular weight excluding hydrogens is 727 g/mol. The number of nitrogens with one attached hydrogen (secondary N) is 1. The number of hydrogen-bond acceptors (Lipinski definition) is 10. The van der Waals surface area contributed by atoms with Crippen molar-refractivity contribution in [3.8, 4) is 23.0 Å². The summed E-state index contributed by atoms with van der Waals surface area (Å²) in [5.74, 6) is -0.155. The summed E-state index contributed by atoms with van der Waals surface area (Å²) in [6, 6.07) is 8.55. The summed E-state index contributed by atoms with van der Waals surface area (Å²) in [6.07, 6.45) is 2.93. The van der Waals surface area contributed by atoms with Crippen LogP contribution in [0.15, 0.2) is 36.5 Å². The van der Waals surface area contributed by atoms with Gasteiger partial charge in [-0.05, 0) is 87.4 Å². The molecule has 5 atom stereocenters. The Hall–Kier alpha value is -4.92. The highest BCUT2D eigenvalue weighted by molar-refractivity contribution is 6.02. The molecule has 1 N–H and O–H groups in total. The summed E-state index contributed by atoms with van der Waals surface area (Å²) in [5.41, 5.74) is 0.0368. The van der Waals surface area contributed by atoms with Crippen LogP contribution >= 0.6 is 0 Å². The Morgan fingerprint density at radius 3 is 2.79 bits per heavy atom. The van der Waals surface area contributed by atoms with Crippen molar-refractivity contribution in [1.82, 2.24) is 30.1 Å². The van der Waals surface area contributed by atoms with Crippen molar-refractivity contribution in [3.63, 3.8) is 0 Å². The van der Waals surface area contributed by atoms with E-state index >= 15 is 4.39 Å². The van der Waals surface area contributed by atoms with E-state index in [4.69, 9.17) is 24.2 Å². The fourth-order valence-corrected chi connectivity index (χ4v) is 9.71. The van der Waals surface area contributed by atoms with E-state index in [2.05, 4.69) is 15.2 Å². The van der Waals surface area contributed by atoms with Gasteiger partial charge in [0.15, 0.2) is 5.82 Å². The molecule has 6 aliphatic heterocycles. The van der Waals surface area contributed by atoms with Gasteiger partial charge in [0, 0.05) is 50.3 Å². The molecule has 0 saturated carbocycles. The zero-order valence-electron chi connectivity index (χ0n) is 31.7. The zero-order valence-corrected chi connectivity index (χ0v) is 31.7. The second kappa shape index (κ2) is 14.2. The summed E-state index contributed by atoms with van der Waals surface area (Å²) >= 11 is 0. The normalized spacial score (nSPS) is 28.1. The number of aromatic nitrogens is 3. The van der Waals surface area contributed by atoms with Gasteiger partial charge < -0.3 is 29.3 Å². The number of fused-ring (bicyclic) bond motifs is 7. The molecule has 0 spiro atoms. The summed E-state index contributed by atoms with van der Waals surface area (Å²) in [5, 5.41) is 4.78. The lowest BCUT2D eigenvalue weighted by Crippen LogP contribution is -2.57. The molecule has 2 amide bonds. The van der Waals surface area contributed by atoms with Crippen molar-refractivity contribution in [2.75, 3.05) is 50.8 Å². The van der Waals surface area contributed by atoms with Crippen molar-refractivity contribution < 1.29 is 37.0 Å². The van der Waals surface area contributed by atoms with Crippen LogP contribution in [0.2, 0.25) is 0 Å². The number of rotatable bonds is 4. The molecular formula is C41H46F3N7O5. The largest absolute Gasteiger partial charge is 0.461 e. The first-order chi connectivity index (χ1) is 27.0. The van der Waals surface area contributed by atoms with Gasteiger partial charge in [0.2, 0.25) is 0 Å². The Balaban J connectivity index is 1.19. The Bertz CT molecular complexity index is 2210. The summed E-state index contributed by atoms with van der Waals surface area (Å²) in [4.78, 5) is 46.2. The smallest absolute Gasteiger partial charge is 0.415 e. The highest BCUT2D eigenvalue weighted by Gasteiger charge is 2.49. The Kier molecular flexibility index (Phi) is 9.33. The first-order valence-corrected chi connectivity index (χ1v) is 19.7. The van der Waals surface area contributed by atoms with Crippen LogP contribution in [0.4, 0.5) is 28.6 Å². The second-order valence-corrected chi connectivity index (χ2v) is 16.5. The van der Waals surface area contributed by atoms with Crippen molar-refractivity contribution in [2.24, 2.45) is 0 Å². The van der Waals surface area contributed by atoms with Crippen LogP contribution in [0.25, 0.3) is 32.9 Å². The van der Waals surface area contributed by atoms with Crippen LogP contribution in [0.3, 0.4) is 0 Å². The number of nitrogens with zero attached hydrogens (tertiary/aromatic N) is 6. The van der Waals surface area contributed by atoms with Gasteiger partial charge in [-0.25, -0.2) is 22.8 Å². The molecule has 2 aromatic carbocycles. The van der Waals surface area contributed by atoms with Crippen LogP contribution in [0.5, 0.6) is 11.8 Å². The molecule has 8 heterocycles. The molecule has 4 fully saturated rings. The average Bonchev–Trinajstić information content (AvgIpc) is 3.81. The molecule has 6 aliphatic rings. The number of hydrogen-bond donors (Lipinski definition) is 1. The number of ether oxygens (including phenoxy) is 3. The van der Waals surface area contributed by atoms with Crippen LogP contribution < -0.4 is 19.7 Å². The number of alkyl carbamates (subject to hydrolysis) is 1. The van der Waals surface area contributed by atoms with Crippen molar-refractivity contribution >= 4 is 39.7 Å². The van der Waals surface area contributed by atoms with E-state index in [9.17, 15) is 18.4 Å². The third kappa shape index (κ3) is 6.71. The maximum atomic E-state index is 17.5. The standard InChI is InChI=1S/C41H46F3N7O5/c1-24-15-27(42)21-51(24)39(53)56-29-16-26-8-3-7-25-9-4-14-54-38(52)48-40(2)10-5-12-49(22-40)36-31-19-45-34(30(17-29)32(25)26)33(44)35(31)46-37(47-36)55-23-41-11-6-13-50(41)20-28(43)18-41/h3,7-8,16-17,19,24,27-28H,4-6,9-15,18,20-23H2,1-2H3,(H,48,52)/t24-,27-,28-,40-,41+/m1/s1. The number of likely N-dealkylation sites (tertiary alicyclic amines) is 1. The maximum absolute atomic E-state index is 17.5. The molecule has 2 aromatic heterocycles. The monoisotopic (exact) mass is 773 g/mol. The van der Waals surface area contributed by atoms with Crippen LogP contribution in [0, 0.1) is 5.82 Å². The Morgan fingerprint density at radius 2 is 1.95 bits per heavy atom. The van der Waals surface area contributed by atoms with Gasteiger partial charge in [-0.15, -0.1) is 0 Å². The zero-order chi connectivity index (χ0) is 38.8. The number of halogens is 3. The van der Waals surface area contributed by atoms with Gasteiger partial charge >= 0.3 is 18.2 Å². The molecule has 15 heteroatoms. The van der Waals surface area contributed by atoms with E-state index in [1.165, 1.54) is 4.90 Å². The van der Waals surface area contributed by atoms with E-state index in [0.29, 0.717) is 79.3 Å². The number of benzene rings is 2. The number of carbonyl (C=O) groups is 2. The average molecular weight is 774 g/mol. The fourth-order valence-electron chi connectivity index (χ4n) is 9.71. The van der Waals surface area contributed by atoms with Crippen molar-refractivity contribution in [3.05, 3.63) is 47.9 Å². The molecule has 10 rings (SSSR count). The van der Waals surface area contributed by atoms with Crippen molar-refractivity contribution in [2.45, 2.75) is 94.7 Å². The maximum Gasteiger partial charge on any atom is 0.415 e. The van der Waals surface area contributed by atoms with E-state index in [-0.39, 0.29) is 55.2 Å². The van der Waals surface area contributed by atoms with Gasteiger partial charge in [-0.3, -0.25) is 9.88 Å². The molecule has 4 aromatic rings. The van der Waals surface area contributed by atoms with Gasteiger partial charge in [-0.1, -0.05) is 18.2 Å².